The quantitative estimate of drug-likeness (QED) is 0.767. The highest BCUT2D eigenvalue weighted by atomic mass is 32.2. The van der Waals surface area contributed by atoms with Crippen LogP contribution in [0, 0.1) is 6.92 Å². The largest absolute Gasteiger partial charge is 0.441 e. The Bertz CT molecular complexity index is 615. The van der Waals surface area contributed by atoms with Crippen molar-refractivity contribution in [2.45, 2.75) is 18.7 Å². The Morgan fingerprint density at radius 2 is 2.19 bits per heavy atom. The van der Waals surface area contributed by atoms with Gasteiger partial charge in [-0.25, -0.2) is 4.98 Å². The van der Waals surface area contributed by atoms with E-state index in [1.54, 1.807) is 26.0 Å². The normalized spacial score (nSPS) is 12.1. The molecule has 0 radical (unpaired) electrons. The number of aromatic nitrogens is 1. The molecule has 0 atom stereocenters. The van der Waals surface area contributed by atoms with Crippen molar-refractivity contribution < 1.29 is 17.0 Å². The lowest BCUT2D eigenvalue weighted by Gasteiger charge is -2.02. The number of aryl methyl sites for hydroxylation is 1. The van der Waals surface area contributed by atoms with E-state index < -0.39 is 10.1 Å². The van der Waals surface area contributed by atoms with Crippen LogP contribution in [0.5, 0.6) is 0 Å². The highest BCUT2D eigenvalue weighted by molar-refractivity contribution is 7.87. The Hall–Kier alpha value is -1.40. The zero-order valence-corrected chi connectivity index (χ0v) is 9.74. The third kappa shape index (κ3) is 1.81. The first-order valence-corrected chi connectivity index (χ1v) is 6.21. The zero-order chi connectivity index (χ0) is 11.8. The van der Waals surface area contributed by atoms with Crippen LogP contribution in [0.1, 0.15) is 12.8 Å². The van der Waals surface area contributed by atoms with E-state index in [-0.39, 0.29) is 11.5 Å². The summed E-state index contributed by atoms with van der Waals surface area (Å²) in [6, 6.07) is 4.72. The Kier molecular flexibility index (Phi) is 2.69. The molecule has 0 bridgehead atoms. The molecule has 86 valence electrons. The summed E-state index contributed by atoms with van der Waals surface area (Å²) in [4.78, 5) is 4.08. The van der Waals surface area contributed by atoms with Gasteiger partial charge in [0.2, 0.25) is 0 Å². The van der Waals surface area contributed by atoms with E-state index >= 15 is 0 Å². The van der Waals surface area contributed by atoms with Crippen LogP contribution in [0.4, 0.5) is 0 Å². The second-order valence-electron chi connectivity index (χ2n) is 3.20. The molecule has 0 aliphatic heterocycles. The summed E-state index contributed by atoms with van der Waals surface area (Å²) in [6.07, 6.45) is 0. The molecule has 0 spiro atoms. The minimum atomic E-state index is -3.75. The fourth-order valence-corrected chi connectivity index (χ4v) is 2.52. The summed E-state index contributed by atoms with van der Waals surface area (Å²) >= 11 is 0. The Balaban J connectivity index is 2.69. The Labute approximate surface area is 93.2 Å². The fourth-order valence-electron chi connectivity index (χ4n) is 1.45. The van der Waals surface area contributed by atoms with Gasteiger partial charge >= 0.3 is 0 Å². The highest BCUT2D eigenvalue weighted by Crippen LogP contribution is 2.24. The minimum Gasteiger partial charge on any atom is -0.441 e. The second kappa shape index (κ2) is 3.88. The molecular formula is C10H11NO4S. The van der Waals surface area contributed by atoms with Crippen LogP contribution in [0.25, 0.3) is 11.1 Å². The Morgan fingerprint density at radius 1 is 1.44 bits per heavy atom. The van der Waals surface area contributed by atoms with Gasteiger partial charge in [0.1, 0.15) is 10.4 Å². The molecule has 0 N–H and O–H groups in total. The van der Waals surface area contributed by atoms with Crippen LogP contribution in [0.15, 0.2) is 27.5 Å². The molecule has 0 aliphatic rings. The van der Waals surface area contributed by atoms with E-state index in [9.17, 15) is 8.42 Å². The maximum Gasteiger partial charge on any atom is 0.299 e. The topological polar surface area (TPSA) is 69.4 Å². The molecule has 6 heteroatoms. The van der Waals surface area contributed by atoms with E-state index in [0.29, 0.717) is 17.0 Å². The van der Waals surface area contributed by atoms with Crippen molar-refractivity contribution in [3.8, 4) is 0 Å². The standard InChI is InChI=1S/C10H11NO4S/c1-3-14-16(12,13)9-6-4-5-8-10(9)11-7(2)15-8/h4-6H,3H2,1-2H3. The van der Waals surface area contributed by atoms with Crippen molar-refractivity contribution in [2.24, 2.45) is 0 Å². The van der Waals surface area contributed by atoms with Crippen molar-refractivity contribution in [1.29, 1.82) is 0 Å². The summed E-state index contributed by atoms with van der Waals surface area (Å²) < 4.78 is 33.5. The predicted octanol–water partition coefficient (Wildman–Crippen LogP) is 1.86. The lowest BCUT2D eigenvalue weighted by atomic mass is 10.3. The van der Waals surface area contributed by atoms with Gasteiger partial charge in [-0.3, -0.25) is 4.18 Å². The van der Waals surface area contributed by atoms with Gasteiger partial charge in [0.25, 0.3) is 10.1 Å². The summed E-state index contributed by atoms with van der Waals surface area (Å²) in [6.45, 7) is 3.37. The van der Waals surface area contributed by atoms with E-state index in [0.717, 1.165) is 0 Å². The molecule has 0 unspecified atom stereocenters. The number of benzene rings is 1. The smallest absolute Gasteiger partial charge is 0.299 e. The summed E-state index contributed by atoms with van der Waals surface area (Å²) in [5.74, 6) is 0.425. The third-order valence-corrected chi connectivity index (χ3v) is 3.45. The third-order valence-electron chi connectivity index (χ3n) is 2.03. The number of hydrogen-bond donors (Lipinski definition) is 0. The molecule has 0 fully saturated rings. The molecule has 0 amide bonds. The molecule has 16 heavy (non-hydrogen) atoms. The van der Waals surface area contributed by atoms with Crippen LogP contribution in [0.2, 0.25) is 0 Å². The van der Waals surface area contributed by atoms with Gasteiger partial charge in [0, 0.05) is 6.92 Å². The van der Waals surface area contributed by atoms with Gasteiger partial charge < -0.3 is 4.42 Å². The predicted molar refractivity (Wildman–Crippen MR) is 57.6 cm³/mol. The summed E-state index contributed by atoms with van der Waals surface area (Å²) in [5, 5.41) is 0. The number of hydrogen-bond acceptors (Lipinski definition) is 5. The van der Waals surface area contributed by atoms with Crippen molar-refractivity contribution in [1.82, 2.24) is 4.98 Å². The number of nitrogens with zero attached hydrogens (tertiary/aromatic N) is 1. The van der Waals surface area contributed by atoms with Crippen molar-refractivity contribution in [3.05, 3.63) is 24.1 Å². The van der Waals surface area contributed by atoms with Crippen LogP contribution >= 0.6 is 0 Å². The lowest BCUT2D eigenvalue weighted by molar-refractivity contribution is 0.338. The molecule has 0 saturated carbocycles. The van der Waals surface area contributed by atoms with Crippen molar-refractivity contribution in [3.63, 3.8) is 0 Å². The lowest BCUT2D eigenvalue weighted by Crippen LogP contribution is -2.06. The monoisotopic (exact) mass is 241 g/mol. The van der Waals surface area contributed by atoms with Gasteiger partial charge in [-0.15, -0.1) is 0 Å². The van der Waals surface area contributed by atoms with Gasteiger partial charge in [-0.05, 0) is 19.1 Å². The van der Waals surface area contributed by atoms with Crippen LogP contribution in [-0.4, -0.2) is 20.0 Å². The summed E-state index contributed by atoms with van der Waals surface area (Å²) in [5.41, 5.74) is 0.756. The molecular weight excluding hydrogens is 230 g/mol. The second-order valence-corrected chi connectivity index (χ2v) is 4.78. The van der Waals surface area contributed by atoms with Gasteiger partial charge in [-0.2, -0.15) is 8.42 Å². The van der Waals surface area contributed by atoms with Crippen LogP contribution in [0.3, 0.4) is 0 Å². The van der Waals surface area contributed by atoms with Crippen molar-refractivity contribution in [2.75, 3.05) is 6.61 Å². The first kappa shape index (κ1) is 11.1. The molecule has 5 nitrogen and oxygen atoms in total. The van der Waals surface area contributed by atoms with Gasteiger partial charge in [0.15, 0.2) is 11.5 Å². The van der Waals surface area contributed by atoms with Crippen LogP contribution < -0.4 is 0 Å². The molecule has 2 aromatic rings. The maximum absolute atomic E-state index is 11.8. The Morgan fingerprint density at radius 3 is 2.88 bits per heavy atom. The highest BCUT2D eigenvalue weighted by Gasteiger charge is 2.20. The summed E-state index contributed by atoms with van der Waals surface area (Å²) in [7, 11) is -3.75. The molecule has 0 aliphatic carbocycles. The SMILES string of the molecule is CCOS(=O)(=O)c1cccc2oc(C)nc12. The first-order chi connectivity index (χ1) is 7.54. The average molecular weight is 241 g/mol. The number of fused-ring (bicyclic) bond motifs is 1. The number of para-hydroxylation sites is 1. The molecule has 1 aromatic carbocycles. The molecule has 1 heterocycles. The number of rotatable bonds is 3. The average Bonchev–Trinajstić information content (AvgIpc) is 2.56. The molecule has 0 saturated heterocycles. The van der Waals surface area contributed by atoms with Gasteiger partial charge in [-0.1, -0.05) is 6.07 Å². The fraction of sp³-hybridized carbons (Fsp3) is 0.300. The molecule has 1 aromatic heterocycles. The van der Waals surface area contributed by atoms with E-state index in [2.05, 4.69) is 4.98 Å². The maximum atomic E-state index is 11.8. The minimum absolute atomic E-state index is 0.0451. The van der Waals surface area contributed by atoms with Crippen LogP contribution in [-0.2, 0) is 14.3 Å². The van der Waals surface area contributed by atoms with Crippen molar-refractivity contribution >= 4 is 21.2 Å². The first-order valence-electron chi connectivity index (χ1n) is 4.80. The number of oxazole rings is 1. The zero-order valence-electron chi connectivity index (χ0n) is 8.93. The van der Waals surface area contributed by atoms with E-state index in [1.807, 2.05) is 0 Å². The van der Waals surface area contributed by atoms with E-state index in [4.69, 9.17) is 8.60 Å². The van der Waals surface area contributed by atoms with Gasteiger partial charge in [0.05, 0.1) is 6.61 Å². The molecule has 2 rings (SSSR count). The van der Waals surface area contributed by atoms with E-state index in [1.165, 1.54) is 6.07 Å².